The molecule has 16 heavy (non-hydrogen) atoms. The van der Waals surface area contributed by atoms with Crippen LogP contribution in [0.5, 0.6) is 0 Å². The lowest BCUT2D eigenvalue weighted by Crippen LogP contribution is -1.97. The number of hydrogen-bond acceptors (Lipinski definition) is 5. The molecule has 82 valence electrons. The molecule has 0 saturated carbocycles. The Kier molecular flexibility index (Phi) is 3.45. The zero-order valence-electron chi connectivity index (χ0n) is 8.39. The molecule has 0 atom stereocenters. The third-order valence-corrected chi connectivity index (χ3v) is 1.73. The van der Waals surface area contributed by atoms with Crippen molar-refractivity contribution in [1.29, 1.82) is 0 Å². The molecule has 0 bridgehead atoms. The molecule has 0 aromatic heterocycles. The van der Waals surface area contributed by atoms with E-state index in [0.717, 1.165) is 0 Å². The van der Waals surface area contributed by atoms with Crippen LogP contribution in [0, 0.1) is 22.0 Å². The van der Waals surface area contributed by atoms with Gasteiger partial charge >= 0.3 is 5.97 Å². The first-order valence-electron chi connectivity index (χ1n) is 4.18. The highest BCUT2D eigenvalue weighted by molar-refractivity contribution is 5.89. The van der Waals surface area contributed by atoms with Gasteiger partial charge in [0.15, 0.2) is 0 Å². The number of benzene rings is 1. The Morgan fingerprint density at radius 2 is 2.25 bits per heavy atom. The highest BCUT2D eigenvalue weighted by Gasteiger charge is 2.07. The lowest BCUT2D eigenvalue weighted by molar-refractivity contribution is -0.384. The van der Waals surface area contributed by atoms with Crippen LogP contribution in [0.4, 0.5) is 11.4 Å². The van der Waals surface area contributed by atoms with Crippen molar-refractivity contribution < 1.29 is 14.5 Å². The van der Waals surface area contributed by atoms with Gasteiger partial charge in [0.2, 0.25) is 0 Å². The van der Waals surface area contributed by atoms with Gasteiger partial charge in [-0.15, -0.1) is 0 Å². The zero-order chi connectivity index (χ0) is 12.1. The monoisotopic (exact) mass is 220 g/mol. The molecule has 0 aliphatic rings. The van der Waals surface area contributed by atoms with Crippen LogP contribution < -0.4 is 5.73 Å². The van der Waals surface area contributed by atoms with Gasteiger partial charge in [0.1, 0.15) is 0 Å². The maximum atomic E-state index is 10.7. The second kappa shape index (κ2) is 4.79. The Balaban J connectivity index is 3.03. The van der Waals surface area contributed by atoms with E-state index in [1.165, 1.54) is 25.3 Å². The van der Waals surface area contributed by atoms with Gasteiger partial charge in [-0.3, -0.25) is 10.1 Å². The van der Waals surface area contributed by atoms with Crippen molar-refractivity contribution in [2.45, 2.75) is 0 Å². The Bertz CT molecular complexity index is 499. The minimum atomic E-state index is -0.697. The van der Waals surface area contributed by atoms with E-state index in [1.807, 2.05) is 0 Å². The van der Waals surface area contributed by atoms with Crippen LogP contribution in [-0.2, 0) is 9.53 Å². The third kappa shape index (κ3) is 2.72. The molecule has 0 heterocycles. The van der Waals surface area contributed by atoms with Crippen LogP contribution in [0.25, 0.3) is 0 Å². The number of esters is 1. The zero-order valence-corrected chi connectivity index (χ0v) is 8.39. The average Bonchev–Trinajstić information content (AvgIpc) is 2.26. The van der Waals surface area contributed by atoms with Crippen molar-refractivity contribution in [3.05, 3.63) is 33.9 Å². The second-order valence-corrected chi connectivity index (χ2v) is 2.77. The van der Waals surface area contributed by atoms with Gasteiger partial charge in [-0.05, 0) is 6.07 Å². The number of ether oxygens (including phenoxy) is 1. The molecule has 0 amide bonds. The van der Waals surface area contributed by atoms with Gasteiger partial charge in [-0.25, -0.2) is 4.79 Å². The standard InChI is InChI=1S/C10H8N2O4/c1-16-10(13)5-3-7-2-4-8(12(14)15)6-9(7)11/h2,4,6H,11H2,1H3. The SMILES string of the molecule is COC(=O)C#Cc1ccc([N+](=O)[O-])cc1N. The summed E-state index contributed by atoms with van der Waals surface area (Å²) in [5, 5.41) is 10.4. The largest absolute Gasteiger partial charge is 0.459 e. The lowest BCUT2D eigenvalue weighted by atomic mass is 10.1. The maximum absolute atomic E-state index is 10.7. The summed E-state index contributed by atoms with van der Waals surface area (Å²) in [6, 6.07) is 3.82. The fourth-order valence-electron chi connectivity index (χ4n) is 0.947. The van der Waals surface area contributed by atoms with Crippen molar-refractivity contribution in [2.75, 3.05) is 12.8 Å². The molecule has 0 spiro atoms. The Hall–Kier alpha value is -2.55. The summed E-state index contributed by atoms with van der Waals surface area (Å²) in [7, 11) is 1.20. The number of carbonyl (C=O) groups excluding carboxylic acids is 1. The topological polar surface area (TPSA) is 95.5 Å². The van der Waals surface area contributed by atoms with Crippen molar-refractivity contribution in [3.8, 4) is 11.8 Å². The van der Waals surface area contributed by atoms with Gasteiger partial charge in [-0.2, -0.15) is 0 Å². The predicted octanol–water partition coefficient (Wildman–Crippen LogP) is 0.702. The summed E-state index contributed by atoms with van der Waals surface area (Å²) >= 11 is 0. The van der Waals surface area contributed by atoms with Crippen LogP contribution in [-0.4, -0.2) is 18.0 Å². The Labute approximate surface area is 91.2 Å². The van der Waals surface area contributed by atoms with E-state index in [9.17, 15) is 14.9 Å². The summed E-state index contributed by atoms with van der Waals surface area (Å²) in [6.07, 6.45) is 0. The average molecular weight is 220 g/mol. The van der Waals surface area contributed by atoms with E-state index in [4.69, 9.17) is 5.73 Å². The van der Waals surface area contributed by atoms with Crippen LogP contribution in [0.2, 0.25) is 0 Å². The van der Waals surface area contributed by atoms with Crippen molar-refractivity contribution in [3.63, 3.8) is 0 Å². The third-order valence-electron chi connectivity index (χ3n) is 1.73. The molecule has 0 unspecified atom stereocenters. The number of nitrogen functional groups attached to an aromatic ring is 1. The normalized spacial score (nSPS) is 8.81. The summed E-state index contributed by atoms with van der Waals surface area (Å²) in [5.74, 6) is 3.94. The molecular weight excluding hydrogens is 212 g/mol. The number of anilines is 1. The van der Waals surface area contributed by atoms with Gasteiger partial charge < -0.3 is 10.5 Å². The molecule has 1 aromatic carbocycles. The molecule has 0 aliphatic heterocycles. The fraction of sp³-hybridized carbons (Fsp3) is 0.100. The van der Waals surface area contributed by atoms with E-state index in [2.05, 4.69) is 16.6 Å². The quantitative estimate of drug-likeness (QED) is 0.247. The molecule has 0 fully saturated rings. The molecule has 2 N–H and O–H groups in total. The molecule has 0 aliphatic carbocycles. The highest BCUT2D eigenvalue weighted by atomic mass is 16.6. The van der Waals surface area contributed by atoms with Gasteiger partial charge in [0, 0.05) is 23.6 Å². The molecule has 1 aromatic rings. The van der Waals surface area contributed by atoms with Crippen LogP contribution in [0.3, 0.4) is 0 Å². The van der Waals surface area contributed by atoms with Crippen LogP contribution >= 0.6 is 0 Å². The number of nitro benzene ring substituents is 1. The molecule has 1 rings (SSSR count). The first-order valence-corrected chi connectivity index (χ1v) is 4.18. The molecule has 6 nitrogen and oxygen atoms in total. The maximum Gasteiger partial charge on any atom is 0.384 e. The van der Waals surface area contributed by atoms with E-state index >= 15 is 0 Å². The number of hydrogen-bond donors (Lipinski definition) is 1. The van der Waals surface area contributed by atoms with E-state index in [1.54, 1.807) is 0 Å². The Morgan fingerprint density at radius 1 is 1.56 bits per heavy atom. The van der Waals surface area contributed by atoms with Gasteiger partial charge in [0.25, 0.3) is 5.69 Å². The van der Waals surface area contributed by atoms with Crippen molar-refractivity contribution in [2.24, 2.45) is 0 Å². The first kappa shape index (κ1) is 11.5. The number of nitrogens with two attached hydrogens (primary N) is 1. The minimum absolute atomic E-state index is 0.124. The number of nitrogens with zero attached hydrogens (tertiary/aromatic N) is 1. The highest BCUT2D eigenvalue weighted by Crippen LogP contribution is 2.18. The van der Waals surface area contributed by atoms with E-state index in [0.29, 0.717) is 5.56 Å². The minimum Gasteiger partial charge on any atom is -0.459 e. The number of rotatable bonds is 1. The summed E-state index contributed by atoms with van der Waals surface area (Å²) in [6.45, 7) is 0. The lowest BCUT2D eigenvalue weighted by Gasteiger charge is -1.97. The summed E-state index contributed by atoms with van der Waals surface area (Å²) in [5.41, 5.74) is 5.89. The predicted molar refractivity (Wildman–Crippen MR) is 56.4 cm³/mol. The molecular formula is C10H8N2O4. The first-order chi connectivity index (χ1) is 7.54. The van der Waals surface area contributed by atoms with Gasteiger partial charge in [0.05, 0.1) is 17.7 Å². The number of non-ortho nitro benzene ring substituents is 1. The van der Waals surface area contributed by atoms with Crippen LogP contribution in [0.1, 0.15) is 5.56 Å². The van der Waals surface area contributed by atoms with Crippen molar-refractivity contribution in [1.82, 2.24) is 0 Å². The Morgan fingerprint density at radius 3 is 2.75 bits per heavy atom. The molecule has 0 radical (unpaired) electrons. The second-order valence-electron chi connectivity index (χ2n) is 2.77. The number of carbonyl (C=O) groups is 1. The molecule has 6 heteroatoms. The van der Waals surface area contributed by atoms with Crippen LogP contribution in [0.15, 0.2) is 18.2 Å². The number of nitro groups is 1. The molecule has 0 saturated heterocycles. The van der Waals surface area contributed by atoms with E-state index in [-0.39, 0.29) is 11.4 Å². The van der Waals surface area contributed by atoms with E-state index < -0.39 is 10.9 Å². The smallest absolute Gasteiger partial charge is 0.384 e. The van der Waals surface area contributed by atoms with Gasteiger partial charge in [-0.1, -0.05) is 5.92 Å². The number of methoxy groups -OCH3 is 1. The fourth-order valence-corrected chi connectivity index (χ4v) is 0.947. The summed E-state index contributed by atoms with van der Waals surface area (Å²) < 4.78 is 4.31. The summed E-state index contributed by atoms with van der Waals surface area (Å²) in [4.78, 5) is 20.6. The van der Waals surface area contributed by atoms with Crippen molar-refractivity contribution >= 4 is 17.3 Å².